The molecule has 0 aliphatic carbocycles. The van der Waals surface area contributed by atoms with Crippen LogP contribution < -0.4 is 19.5 Å². The Kier molecular flexibility index (Phi) is 5.65. The fraction of sp³-hybridized carbons (Fsp3) is 0.208. The maximum atomic E-state index is 13.0. The first-order valence-electron chi connectivity index (χ1n) is 9.77. The van der Waals surface area contributed by atoms with Gasteiger partial charge in [-0.25, -0.2) is 0 Å². The summed E-state index contributed by atoms with van der Waals surface area (Å²) in [6.07, 6.45) is 0. The van der Waals surface area contributed by atoms with Crippen molar-refractivity contribution in [1.29, 1.82) is 0 Å². The summed E-state index contributed by atoms with van der Waals surface area (Å²) in [5, 5.41) is 5.76. The Labute approximate surface area is 185 Å². The van der Waals surface area contributed by atoms with Crippen LogP contribution in [0.5, 0.6) is 17.2 Å². The standard InChI is InChI=1S/C24H23ClN2O4/c1-13(24(28)26-16-11-21(29-2)23(31-4)22(12-16)30-3)14-5-7-17-18-10-15(25)6-8-19(18)27-20(17)9-14/h5-13,27H,1-4H3,(H,26,28). The van der Waals surface area contributed by atoms with Crippen molar-refractivity contribution in [3.8, 4) is 17.2 Å². The highest BCUT2D eigenvalue weighted by atomic mass is 35.5. The van der Waals surface area contributed by atoms with E-state index in [1.165, 1.54) is 21.3 Å². The molecule has 1 unspecified atom stereocenters. The number of aromatic nitrogens is 1. The van der Waals surface area contributed by atoms with Gasteiger partial charge in [-0.05, 0) is 36.8 Å². The van der Waals surface area contributed by atoms with Crippen molar-refractivity contribution >= 4 is 45.0 Å². The predicted octanol–water partition coefficient (Wildman–Crippen LogP) is 5.74. The molecule has 0 aliphatic rings. The quantitative estimate of drug-likeness (QED) is 0.402. The Morgan fingerprint density at radius 3 is 2.26 bits per heavy atom. The lowest BCUT2D eigenvalue weighted by molar-refractivity contribution is -0.117. The number of rotatable bonds is 6. The molecule has 1 heterocycles. The van der Waals surface area contributed by atoms with Crippen LogP contribution in [-0.2, 0) is 4.79 Å². The molecule has 4 rings (SSSR count). The third-order valence-electron chi connectivity index (χ3n) is 5.41. The maximum Gasteiger partial charge on any atom is 0.231 e. The lowest BCUT2D eigenvalue weighted by Crippen LogP contribution is -2.19. The van der Waals surface area contributed by atoms with Crippen LogP contribution >= 0.6 is 11.6 Å². The smallest absolute Gasteiger partial charge is 0.231 e. The molecule has 1 amide bonds. The van der Waals surface area contributed by atoms with E-state index in [4.69, 9.17) is 25.8 Å². The molecule has 4 aromatic rings. The number of ether oxygens (including phenoxy) is 3. The van der Waals surface area contributed by atoms with Gasteiger partial charge in [0.1, 0.15) is 0 Å². The SMILES string of the molecule is COc1cc(NC(=O)C(C)c2ccc3c(c2)[nH]c2ccc(Cl)cc23)cc(OC)c1OC. The molecule has 1 aromatic heterocycles. The van der Waals surface area contributed by atoms with Crippen molar-refractivity contribution in [1.82, 2.24) is 4.98 Å². The number of fused-ring (bicyclic) bond motifs is 3. The van der Waals surface area contributed by atoms with E-state index < -0.39 is 0 Å². The first kappa shape index (κ1) is 20.9. The van der Waals surface area contributed by atoms with E-state index in [1.54, 1.807) is 12.1 Å². The van der Waals surface area contributed by atoms with Crippen LogP contribution in [0.2, 0.25) is 5.02 Å². The zero-order valence-corrected chi connectivity index (χ0v) is 18.5. The number of benzene rings is 3. The molecule has 0 saturated heterocycles. The summed E-state index contributed by atoms with van der Waals surface area (Å²) in [5.41, 5.74) is 3.43. The average Bonchev–Trinajstić information content (AvgIpc) is 3.14. The van der Waals surface area contributed by atoms with Crippen LogP contribution in [0.3, 0.4) is 0 Å². The second-order valence-electron chi connectivity index (χ2n) is 7.24. The van der Waals surface area contributed by atoms with E-state index in [-0.39, 0.29) is 11.8 Å². The fourth-order valence-corrected chi connectivity index (χ4v) is 3.89. The van der Waals surface area contributed by atoms with Gasteiger partial charge < -0.3 is 24.5 Å². The maximum absolute atomic E-state index is 13.0. The van der Waals surface area contributed by atoms with Gasteiger partial charge in [-0.3, -0.25) is 4.79 Å². The molecule has 6 nitrogen and oxygen atoms in total. The highest BCUT2D eigenvalue weighted by Gasteiger charge is 2.19. The van der Waals surface area contributed by atoms with Gasteiger partial charge in [0.2, 0.25) is 11.7 Å². The van der Waals surface area contributed by atoms with Gasteiger partial charge in [0, 0.05) is 44.6 Å². The molecule has 160 valence electrons. The Bertz CT molecular complexity index is 1260. The van der Waals surface area contributed by atoms with E-state index in [1.807, 2.05) is 43.3 Å². The number of carbonyl (C=O) groups is 1. The molecule has 1 atom stereocenters. The van der Waals surface area contributed by atoms with Gasteiger partial charge in [-0.15, -0.1) is 0 Å². The summed E-state index contributed by atoms with van der Waals surface area (Å²) < 4.78 is 16.1. The largest absolute Gasteiger partial charge is 0.493 e. The molecule has 0 bridgehead atoms. The Hall–Kier alpha value is -3.38. The van der Waals surface area contributed by atoms with Crippen LogP contribution in [0, 0.1) is 0 Å². The minimum Gasteiger partial charge on any atom is -0.493 e. The van der Waals surface area contributed by atoms with Gasteiger partial charge in [0.25, 0.3) is 0 Å². The van der Waals surface area contributed by atoms with E-state index in [0.717, 1.165) is 27.4 Å². The number of carbonyl (C=O) groups excluding carboxylic acids is 1. The molecular weight excluding hydrogens is 416 g/mol. The molecular formula is C24H23ClN2O4. The van der Waals surface area contributed by atoms with E-state index >= 15 is 0 Å². The number of aromatic amines is 1. The van der Waals surface area contributed by atoms with Gasteiger partial charge in [-0.2, -0.15) is 0 Å². The number of methoxy groups -OCH3 is 3. The molecule has 0 spiro atoms. The molecule has 0 fully saturated rings. The number of hydrogen-bond donors (Lipinski definition) is 2. The number of anilines is 1. The first-order valence-corrected chi connectivity index (χ1v) is 10.1. The number of amides is 1. The lowest BCUT2D eigenvalue weighted by Gasteiger charge is -2.16. The third kappa shape index (κ3) is 3.86. The monoisotopic (exact) mass is 438 g/mol. The number of H-pyrrole nitrogens is 1. The van der Waals surface area contributed by atoms with Gasteiger partial charge >= 0.3 is 0 Å². The van der Waals surface area contributed by atoms with Crippen molar-refractivity contribution in [2.45, 2.75) is 12.8 Å². The molecule has 0 radical (unpaired) electrons. The summed E-state index contributed by atoms with van der Waals surface area (Å²) in [6, 6.07) is 15.1. The Morgan fingerprint density at radius 1 is 0.903 bits per heavy atom. The van der Waals surface area contributed by atoms with Crippen LogP contribution in [0.1, 0.15) is 18.4 Å². The van der Waals surface area contributed by atoms with Crippen molar-refractivity contribution in [3.05, 3.63) is 59.1 Å². The van der Waals surface area contributed by atoms with E-state index in [2.05, 4.69) is 10.3 Å². The van der Waals surface area contributed by atoms with E-state index in [9.17, 15) is 4.79 Å². The van der Waals surface area contributed by atoms with Crippen molar-refractivity contribution in [3.63, 3.8) is 0 Å². The number of nitrogens with one attached hydrogen (secondary N) is 2. The first-order chi connectivity index (χ1) is 14.9. The van der Waals surface area contributed by atoms with Crippen LogP contribution in [0.25, 0.3) is 21.8 Å². The third-order valence-corrected chi connectivity index (χ3v) is 5.65. The predicted molar refractivity (Wildman–Crippen MR) is 124 cm³/mol. The summed E-state index contributed by atoms with van der Waals surface area (Å²) in [6.45, 7) is 1.87. The average molecular weight is 439 g/mol. The highest BCUT2D eigenvalue weighted by Crippen LogP contribution is 2.40. The van der Waals surface area contributed by atoms with E-state index in [0.29, 0.717) is 28.0 Å². The minimum atomic E-state index is -0.376. The van der Waals surface area contributed by atoms with Crippen LogP contribution in [0.15, 0.2) is 48.5 Å². The Balaban J connectivity index is 1.62. The van der Waals surface area contributed by atoms with Gasteiger partial charge in [0.15, 0.2) is 11.5 Å². The zero-order chi connectivity index (χ0) is 22.1. The van der Waals surface area contributed by atoms with Gasteiger partial charge in [-0.1, -0.05) is 23.7 Å². The van der Waals surface area contributed by atoms with Crippen molar-refractivity contribution in [2.24, 2.45) is 0 Å². The second kappa shape index (κ2) is 8.40. The fourth-order valence-electron chi connectivity index (χ4n) is 3.72. The molecule has 0 aliphatic heterocycles. The lowest BCUT2D eigenvalue weighted by atomic mass is 9.98. The topological polar surface area (TPSA) is 72.6 Å². The number of hydrogen-bond acceptors (Lipinski definition) is 4. The van der Waals surface area contributed by atoms with Crippen molar-refractivity contribution in [2.75, 3.05) is 26.6 Å². The van der Waals surface area contributed by atoms with Crippen molar-refractivity contribution < 1.29 is 19.0 Å². The van der Waals surface area contributed by atoms with Crippen LogP contribution in [-0.4, -0.2) is 32.2 Å². The van der Waals surface area contributed by atoms with Crippen LogP contribution in [0.4, 0.5) is 5.69 Å². The summed E-state index contributed by atoms with van der Waals surface area (Å²) in [4.78, 5) is 16.4. The summed E-state index contributed by atoms with van der Waals surface area (Å²) in [5.74, 6) is 0.901. The summed E-state index contributed by atoms with van der Waals surface area (Å²) in [7, 11) is 4.61. The molecule has 7 heteroatoms. The molecule has 0 saturated carbocycles. The highest BCUT2D eigenvalue weighted by molar-refractivity contribution is 6.31. The molecule has 3 aromatic carbocycles. The molecule has 2 N–H and O–H groups in total. The second-order valence-corrected chi connectivity index (χ2v) is 7.68. The number of halogens is 1. The normalized spacial score (nSPS) is 12.0. The Morgan fingerprint density at radius 2 is 1.61 bits per heavy atom. The zero-order valence-electron chi connectivity index (χ0n) is 17.7. The molecule has 31 heavy (non-hydrogen) atoms. The summed E-state index contributed by atoms with van der Waals surface area (Å²) >= 11 is 6.15. The minimum absolute atomic E-state index is 0.146. The van der Waals surface area contributed by atoms with Gasteiger partial charge in [0.05, 0.1) is 27.2 Å².